The van der Waals surface area contributed by atoms with Crippen LogP contribution >= 0.6 is 11.6 Å². The molecule has 0 N–H and O–H groups in total. The van der Waals surface area contributed by atoms with Gasteiger partial charge >= 0.3 is 0 Å². The normalized spacial score (nSPS) is 10.8. The van der Waals surface area contributed by atoms with Crippen molar-refractivity contribution in [1.29, 1.82) is 0 Å². The van der Waals surface area contributed by atoms with Crippen LogP contribution in [0.15, 0.2) is 30.3 Å². The predicted octanol–water partition coefficient (Wildman–Crippen LogP) is 4.20. The van der Waals surface area contributed by atoms with Crippen molar-refractivity contribution in [2.75, 3.05) is 0 Å². The molecule has 0 atom stereocenters. The number of aryl methyl sites for hydroxylation is 2. The minimum absolute atomic E-state index is 0.595. The lowest BCUT2D eigenvalue weighted by molar-refractivity contribution is 1.30. The third-order valence-electron chi connectivity index (χ3n) is 2.77. The Morgan fingerprint density at radius 2 is 1.71 bits per heavy atom. The van der Waals surface area contributed by atoms with Gasteiger partial charge in [-0.25, -0.2) is 0 Å². The predicted molar refractivity (Wildman–Crippen MR) is 63.0 cm³/mol. The Hall–Kier alpha value is -1.01. The summed E-state index contributed by atoms with van der Waals surface area (Å²) >= 11 is 5.90. The zero-order chi connectivity index (χ0) is 10.1. The van der Waals surface area contributed by atoms with Crippen LogP contribution in [0.3, 0.4) is 0 Å². The van der Waals surface area contributed by atoms with E-state index in [-0.39, 0.29) is 0 Å². The average Bonchev–Trinajstić information content (AvgIpc) is 2.23. The summed E-state index contributed by atoms with van der Waals surface area (Å²) in [5.41, 5.74) is 3.85. The Labute approximate surface area is 89.5 Å². The van der Waals surface area contributed by atoms with Crippen LogP contribution in [-0.4, -0.2) is 0 Å². The van der Waals surface area contributed by atoms with E-state index in [1.807, 2.05) is 0 Å². The molecule has 0 aliphatic heterocycles. The highest BCUT2D eigenvalue weighted by atomic mass is 35.5. The zero-order valence-electron chi connectivity index (χ0n) is 8.47. The summed E-state index contributed by atoms with van der Waals surface area (Å²) in [5, 5.41) is 2.65. The molecule has 2 aromatic rings. The highest BCUT2D eigenvalue weighted by Crippen LogP contribution is 2.26. The van der Waals surface area contributed by atoms with Crippen LogP contribution in [0.1, 0.15) is 16.7 Å². The minimum Gasteiger partial charge on any atom is -0.122 e. The molecule has 14 heavy (non-hydrogen) atoms. The van der Waals surface area contributed by atoms with Crippen molar-refractivity contribution in [2.24, 2.45) is 0 Å². The molecule has 0 heterocycles. The first kappa shape index (κ1) is 9.54. The molecule has 0 radical (unpaired) electrons. The Kier molecular flexibility index (Phi) is 2.47. The molecule has 0 bridgehead atoms. The maximum Gasteiger partial charge on any atom is 0.0477 e. The first-order chi connectivity index (χ1) is 6.74. The summed E-state index contributed by atoms with van der Waals surface area (Å²) in [7, 11) is 0. The Balaban J connectivity index is 2.87. The van der Waals surface area contributed by atoms with Crippen LogP contribution in [0.2, 0.25) is 0 Å². The first-order valence-electron chi connectivity index (χ1n) is 4.78. The Morgan fingerprint density at radius 1 is 1.07 bits per heavy atom. The van der Waals surface area contributed by atoms with Crippen LogP contribution in [-0.2, 0) is 5.88 Å². The van der Waals surface area contributed by atoms with E-state index in [2.05, 4.69) is 44.2 Å². The van der Waals surface area contributed by atoms with Crippen LogP contribution in [0.5, 0.6) is 0 Å². The molecule has 72 valence electrons. The molecule has 0 aliphatic rings. The first-order valence-corrected chi connectivity index (χ1v) is 5.31. The van der Waals surface area contributed by atoms with Crippen molar-refractivity contribution < 1.29 is 0 Å². The molecule has 0 saturated heterocycles. The van der Waals surface area contributed by atoms with Gasteiger partial charge in [0.05, 0.1) is 0 Å². The van der Waals surface area contributed by atoms with E-state index in [0.717, 1.165) is 0 Å². The van der Waals surface area contributed by atoms with E-state index in [9.17, 15) is 0 Å². The van der Waals surface area contributed by atoms with Gasteiger partial charge in [0, 0.05) is 5.88 Å². The van der Waals surface area contributed by atoms with Crippen molar-refractivity contribution in [3.05, 3.63) is 47.0 Å². The summed E-state index contributed by atoms with van der Waals surface area (Å²) < 4.78 is 0. The highest BCUT2D eigenvalue weighted by Gasteiger charge is 2.04. The SMILES string of the molecule is Cc1cc(CCl)c(C)c2ccccc12. The molecule has 0 nitrogen and oxygen atoms in total. The van der Waals surface area contributed by atoms with E-state index in [1.165, 1.54) is 27.5 Å². The molecule has 1 heteroatoms. The second kappa shape index (κ2) is 3.62. The van der Waals surface area contributed by atoms with Gasteiger partial charge in [0.2, 0.25) is 0 Å². The van der Waals surface area contributed by atoms with Crippen molar-refractivity contribution in [3.63, 3.8) is 0 Å². The smallest absolute Gasteiger partial charge is 0.0477 e. The topological polar surface area (TPSA) is 0 Å². The summed E-state index contributed by atoms with van der Waals surface area (Å²) in [6.07, 6.45) is 0. The van der Waals surface area contributed by atoms with Gasteiger partial charge in [0.25, 0.3) is 0 Å². The molecule has 0 fully saturated rings. The number of halogens is 1. The van der Waals surface area contributed by atoms with Gasteiger partial charge in [0.1, 0.15) is 0 Å². The van der Waals surface area contributed by atoms with Gasteiger partial charge in [-0.1, -0.05) is 30.3 Å². The number of alkyl halides is 1. The van der Waals surface area contributed by atoms with Gasteiger partial charge in [0.15, 0.2) is 0 Å². The fourth-order valence-electron chi connectivity index (χ4n) is 1.91. The third kappa shape index (κ3) is 1.40. The van der Waals surface area contributed by atoms with E-state index in [0.29, 0.717) is 5.88 Å². The van der Waals surface area contributed by atoms with Gasteiger partial charge < -0.3 is 0 Å². The van der Waals surface area contributed by atoms with E-state index in [1.54, 1.807) is 0 Å². The summed E-state index contributed by atoms with van der Waals surface area (Å²) in [6, 6.07) is 10.7. The van der Waals surface area contributed by atoms with Gasteiger partial charge in [-0.3, -0.25) is 0 Å². The second-order valence-corrected chi connectivity index (χ2v) is 3.92. The lowest BCUT2D eigenvalue weighted by Crippen LogP contribution is -1.89. The molecular formula is C13H13Cl. The molecule has 0 aromatic heterocycles. The van der Waals surface area contributed by atoms with Crippen molar-refractivity contribution in [2.45, 2.75) is 19.7 Å². The molecule has 0 aliphatic carbocycles. The number of benzene rings is 2. The van der Waals surface area contributed by atoms with Crippen molar-refractivity contribution in [3.8, 4) is 0 Å². The van der Waals surface area contributed by atoms with E-state index in [4.69, 9.17) is 11.6 Å². The lowest BCUT2D eigenvalue weighted by atomic mass is 9.97. The maximum atomic E-state index is 5.90. The molecule has 0 amide bonds. The molecule has 0 unspecified atom stereocenters. The molecule has 0 saturated carbocycles. The fourth-order valence-corrected chi connectivity index (χ4v) is 2.19. The van der Waals surface area contributed by atoms with Crippen LogP contribution in [0.4, 0.5) is 0 Å². The van der Waals surface area contributed by atoms with Crippen LogP contribution < -0.4 is 0 Å². The zero-order valence-corrected chi connectivity index (χ0v) is 9.23. The molecule has 2 aromatic carbocycles. The van der Waals surface area contributed by atoms with Gasteiger partial charge in [-0.15, -0.1) is 11.6 Å². The second-order valence-electron chi connectivity index (χ2n) is 3.66. The van der Waals surface area contributed by atoms with Crippen molar-refractivity contribution in [1.82, 2.24) is 0 Å². The molecule has 0 spiro atoms. The standard InChI is InChI=1S/C13H13Cl/c1-9-7-11(8-14)10(2)13-6-4-3-5-12(9)13/h3-7H,8H2,1-2H3. The van der Waals surface area contributed by atoms with E-state index >= 15 is 0 Å². The number of rotatable bonds is 1. The Morgan fingerprint density at radius 3 is 2.36 bits per heavy atom. The fraction of sp³-hybridized carbons (Fsp3) is 0.231. The number of fused-ring (bicyclic) bond motifs is 1. The maximum absolute atomic E-state index is 5.90. The van der Waals surface area contributed by atoms with Crippen molar-refractivity contribution >= 4 is 22.4 Å². The monoisotopic (exact) mass is 204 g/mol. The van der Waals surface area contributed by atoms with Gasteiger partial charge in [-0.05, 0) is 41.3 Å². The van der Waals surface area contributed by atoms with Gasteiger partial charge in [-0.2, -0.15) is 0 Å². The molecular weight excluding hydrogens is 192 g/mol. The highest BCUT2D eigenvalue weighted by molar-refractivity contribution is 6.17. The lowest BCUT2D eigenvalue weighted by Gasteiger charge is -2.09. The van der Waals surface area contributed by atoms with Crippen LogP contribution in [0, 0.1) is 13.8 Å². The average molecular weight is 205 g/mol. The number of hydrogen-bond donors (Lipinski definition) is 0. The Bertz CT molecular complexity index is 472. The number of hydrogen-bond acceptors (Lipinski definition) is 0. The summed E-state index contributed by atoms with van der Waals surface area (Å²) in [5.74, 6) is 0.595. The van der Waals surface area contributed by atoms with Crippen LogP contribution in [0.25, 0.3) is 10.8 Å². The molecule has 2 rings (SSSR count). The largest absolute Gasteiger partial charge is 0.122 e. The minimum atomic E-state index is 0.595. The van der Waals surface area contributed by atoms with E-state index < -0.39 is 0 Å². The quantitative estimate of drug-likeness (QED) is 0.611. The summed E-state index contributed by atoms with van der Waals surface area (Å²) in [4.78, 5) is 0. The third-order valence-corrected chi connectivity index (χ3v) is 3.06. The summed E-state index contributed by atoms with van der Waals surface area (Å²) in [6.45, 7) is 4.28.